The molecule has 5 rings (SSSR count). The van der Waals surface area contributed by atoms with Crippen molar-refractivity contribution >= 4 is 23.8 Å². The molecule has 11 heteroatoms. The zero-order valence-corrected chi connectivity index (χ0v) is 18.6. The number of nitrogens with one attached hydrogen (secondary N) is 1. The van der Waals surface area contributed by atoms with Crippen LogP contribution in [-0.4, -0.2) is 54.5 Å². The van der Waals surface area contributed by atoms with Crippen molar-refractivity contribution in [1.29, 1.82) is 5.26 Å². The summed E-state index contributed by atoms with van der Waals surface area (Å²) in [5.74, 6) is -0.112. The fraction of sp³-hybridized carbons (Fsp3) is 0.250. The second-order valence-electron chi connectivity index (χ2n) is 8.21. The molecular formula is C24H21FN8O2. The fourth-order valence-electron chi connectivity index (χ4n) is 4.42. The van der Waals surface area contributed by atoms with Crippen LogP contribution in [0.15, 0.2) is 48.9 Å². The molecular weight excluding hydrogens is 451 g/mol. The van der Waals surface area contributed by atoms with Crippen LogP contribution in [0.3, 0.4) is 0 Å². The van der Waals surface area contributed by atoms with Crippen molar-refractivity contribution in [3.63, 3.8) is 0 Å². The molecule has 1 aromatic carbocycles. The Kier molecular flexibility index (Phi) is 5.93. The van der Waals surface area contributed by atoms with Crippen molar-refractivity contribution in [1.82, 2.24) is 29.0 Å². The molecule has 1 fully saturated rings. The largest absolute Gasteiger partial charge is 0.342 e. The molecule has 1 aliphatic rings. The van der Waals surface area contributed by atoms with Crippen LogP contribution < -0.4 is 5.32 Å². The molecule has 4 aromatic rings. The number of rotatable bonds is 6. The third-order valence-corrected chi connectivity index (χ3v) is 6.12. The molecule has 0 spiro atoms. The molecule has 0 aliphatic carbocycles. The van der Waals surface area contributed by atoms with E-state index in [1.54, 1.807) is 40.1 Å². The van der Waals surface area contributed by atoms with Gasteiger partial charge in [0.1, 0.15) is 17.9 Å². The summed E-state index contributed by atoms with van der Waals surface area (Å²) in [7, 11) is 0. The van der Waals surface area contributed by atoms with Gasteiger partial charge in [0.05, 0.1) is 30.0 Å². The summed E-state index contributed by atoms with van der Waals surface area (Å²) in [6.45, 7) is 1.09. The van der Waals surface area contributed by atoms with Gasteiger partial charge in [-0.15, -0.1) is 0 Å². The van der Waals surface area contributed by atoms with Crippen molar-refractivity contribution in [2.75, 3.05) is 18.4 Å². The van der Waals surface area contributed by atoms with E-state index in [2.05, 4.69) is 19.9 Å². The van der Waals surface area contributed by atoms with E-state index < -0.39 is 0 Å². The smallest absolute Gasteiger partial charge is 0.236 e. The summed E-state index contributed by atoms with van der Waals surface area (Å²) < 4.78 is 17.2. The predicted octanol–water partition coefficient (Wildman–Crippen LogP) is 3.04. The van der Waals surface area contributed by atoms with Crippen molar-refractivity contribution in [2.24, 2.45) is 0 Å². The van der Waals surface area contributed by atoms with Gasteiger partial charge < -0.3 is 14.8 Å². The van der Waals surface area contributed by atoms with E-state index >= 15 is 0 Å². The van der Waals surface area contributed by atoms with Crippen LogP contribution >= 0.6 is 0 Å². The normalized spacial score (nSPS) is 14.1. The summed E-state index contributed by atoms with van der Waals surface area (Å²) in [6.07, 6.45) is 5.20. The third kappa shape index (κ3) is 4.33. The number of fused-ring (bicyclic) bond motifs is 1. The number of anilines is 1. The van der Waals surface area contributed by atoms with Crippen molar-refractivity contribution in [3.8, 4) is 28.7 Å². The summed E-state index contributed by atoms with van der Waals surface area (Å²) in [5.41, 5.74) is 3.37. The molecule has 0 unspecified atom stereocenters. The number of hydrogen-bond acceptors (Lipinski definition) is 6. The number of hydrogen-bond donors (Lipinski definition) is 1. The molecule has 10 nitrogen and oxygen atoms in total. The maximum Gasteiger partial charge on any atom is 0.236 e. The Bertz CT molecular complexity index is 1430. The Morgan fingerprint density at radius 2 is 1.97 bits per heavy atom. The Morgan fingerprint density at radius 3 is 2.69 bits per heavy atom. The topological polar surface area (TPSA) is 121 Å². The number of nitriles is 1. The van der Waals surface area contributed by atoms with Gasteiger partial charge in [-0.3, -0.25) is 9.59 Å². The number of amides is 2. The van der Waals surface area contributed by atoms with Gasteiger partial charge >= 0.3 is 0 Å². The Balaban J connectivity index is 1.54. The molecule has 0 radical (unpaired) electrons. The molecule has 0 saturated carbocycles. The average molecular weight is 472 g/mol. The lowest BCUT2D eigenvalue weighted by atomic mass is 10.0. The van der Waals surface area contributed by atoms with Crippen LogP contribution in [-0.2, 0) is 9.59 Å². The number of carbonyl (C=O) groups is 2. The summed E-state index contributed by atoms with van der Waals surface area (Å²) in [4.78, 5) is 33.6. The number of aromatic nitrogens is 5. The maximum absolute atomic E-state index is 13.6. The van der Waals surface area contributed by atoms with E-state index in [4.69, 9.17) is 10.4 Å². The highest BCUT2D eigenvalue weighted by atomic mass is 19.1. The van der Waals surface area contributed by atoms with Gasteiger partial charge in [-0.05, 0) is 49.2 Å². The highest BCUT2D eigenvalue weighted by Gasteiger charge is 2.27. The monoisotopic (exact) mass is 472 g/mol. The molecule has 176 valence electrons. The van der Waals surface area contributed by atoms with E-state index in [-0.39, 0.29) is 24.2 Å². The molecule has 35 heavy (non-hydrogen) atoms. The quantitative estimate of drug-likeness (QED) is 0.431. The van der Waals surface area contributed by atoms with Gasteiger partial charge in [0, 0.05) is 24.7 Å². The summed E-state index contributed by atoms with van der Waals surface area (Å²) >= 11 is 0. The number of likely N-dealkylation sites (tertiary alicyclic amines) is 1. The number of nitrogens with zero attached hydrogens (tertiary/aromatic N) is 7. The standard InChI is InChI=1S/C24H21FN8O2/c25-17-3-1-16(2-4-17)23-24(19-5-6-21-29-20(28-15-34)13-33(21)30-19)32(14-27-23)18-8-11-31(12-9-18)22(35)7-10-26/h1-6,13-15,18H,7-9,11-12H2,(H,28,34). The second-order valence-corrected chi connectivity index (χ2v) is 8.21. The highest BCUT2D eigenvalue weighted by molar-refractivity contribution is 5.79. The van der Waals surface area contributed by atoms with Crippen molar-refractivity contribution in [3.05, 3.63) is 54.7 Å². The van der Waals surface area contributed by atoms with E-state index in [1.165, 1.54) is 12.1 Å². The number of carbonyl (C=O) groups excluding carboxylic acids is 2. The van der Waals surface area contributed by atoms with Crippen LogP contribution in [0.2, 0.25) is 0 Å². The van der Waals surface area contributed by atoms with Crippen LogP contribution in [0, 0.1) is 17.1 Å². The van der Waals surface area contributed by atoms with E-state index in [9.17, 15) is 14.0 Å². The molecule has 1 N–H and O–H groups in total. The van der Waals surface area contributed by atoms with Crippen LogP contribution in [0.5, 0.6) is 0 Å². The SMILES string of the molecule is N#CCC(=O)N1CCC(n2cnc(-c3ccc(F)cc3)c2-c2ccc3nc(NC=O)cn3n2)CC1. The third-order valence-electron chi connectivity index (χ3n) is 6.12. The predicted molar refractivity (Wildman–Crippen MR) is 124 cm³/mol. The lowest BCUT2D eigenvalue weighted by molar-refractivity contribution is -0.131. The first-order valence-electron chi connectivity index (χ1n) is 11.1. The molecule has 1 saturated heterocycles. The van der Waals surface area contributed by atoms with Gasteiger partial charge in [-0.2, -0.15) is 10.4 Å². The lowest BCUT2D eigenvalue weighted by Gasteiger charge is -2.33. The van der Waals surface area contributed by atoms with Gasteiger partial charge in [-0.25, -0.2) is 18.9 Å². The molecule has 4 heterocycles. The van der Waals surface area contributed by atoms with Crippen molar-refractivity contribution in [2.45, 2.75) is 25.3 Å². The van der Waals surface area contributed by atoms with Crippen molar-refractivity contribution < 1.29 is 14.0 Å². The van der Waals surface area contributed by atoms with Gasteiger partial charge in [-0.1, -0.05) is 0 Å². The summed E-state index contributed by atoms with van der Waals surface area (Å²) in [6, 6.07) is 11.7. The van der Waals surface area contributed by atoms with E-state index in [1.807, 2.05) is 12.1 Å². The van der Waals surface area contributed by atoms with E-state index in [0.717, 1.165) is 11.3 Å². The Morgan fingerprint density at radius 1 is 1.20 bits per heavy atom. The van der Waals surface area contributed by atoms with E-state index in [0.29, 0.717) is 55.2 Å². The lowest BCUT2D eigenvalue weighted by Crippen LogP contribution is -2.38. The Labute approximate surface area is 199 Å². The zero-order valence-electron chi connectivity index (χ0n) is 18.6. The maximum atomic E-state index is 13.6. The number of halogens is 1. The highest BCUT2D eigenvalue weighted by Crippen LogP contribution is 2.35. The first kappa shape index (κ1) is 22.2. The minimum Gasteiger partial charge on any atom is -0.342 e. The minimum atomic E-state index is -0.336. The zero-order chi connectivity index (χ0) is 24.4. The van der Waals surface area contributed by atoms with Gasteiger partial charge in [0.25, 0.3) is 0 Å². The number of piperidine rings is 1. The number of benzene rings is 1. The molecule has 1 aliphatic heterocycles. The van der Waals surface area contributed by atoms with Gasteiger partial charge in [0.2, 0.25) is 12.3 Å². The molecule has 2 amide bonds. The summed E-state index contributed by atoms with van der Waals surface area (Å²) in [5, 5.41) is 16.1. The van der Waals surface area contributed by atoms with Crippen LogP contribution in [0.25, 0.3) is 28.3 Å². The first-order chi connectivity index (χ1) is 17.1. The number of imidazole rings is 2. The second kappa shape index (κ2) is 9.34. The molecule has 0 atom stereocenters. The van der Waals surface area contributed by atoms with Crippen LogP contribution in [0.4, 0.5) is 10.2 Å². The van der Waals surface area contributed by atoms with Gasteiger partial charge in [0.15, 0.2) is 11.5 Å². The first-order valence-corrected chi connectivity index (χ1v) is 11.1. The van der Waals surface area contributed by atoms with Crippen LogP contribution in [0.1, 0.15) is 25.3 Å². The minimum absolute atomic E-state index is 0.0606. The molecule has 3 aromatic heterocycles. The fourth-order valence-corrected chi connectivity index (χ4v) is 4.42. The Hall–Kier alpha value is -4.59. The average Bonchev–Trinajstić information content (AvgIpc) is 3.48. The molecule has 0 bridgehead atoms.